The lowest BCUT2D eigenvalue weighted by Crippen LogP contribution is -2.40. The highest BCUT2D eigenvalue weighted by Gasteiger charge is 2.26. The third kappa shape index (κ3) is 4.53. The molecule has 1 N–H and O–H groups in total. The van der Waals surface area contributed by atoms with Crippen molar-refractivity contribution in [3.63, 3.8) is 0 Å². The second-order valence-electron chi connectivity index (χ2n) is 7.56. The molecule has 9 heteroatoms. The number of sulfonamides is 1. The predicted molar refractivity (Wildman–Crippen MR) is 129 cm³/mol. The van der Waals surface area contributed by atoms with Gasteiger partial charge in [0.05, 0.1) is 28.3 Å². The second-order valence-corrected chi connectivity index (χ2v) is 10.5. The number of thiazole rings is 1. The summed E-state index contributed by atoms with van der Waals surface area (Å²) in [6.07, 6.45) is 0. The van der Waals surface area contributed by atoms with Gasteiger partial charge in [-0.05, 0) is 60.7 Å². The minimum absolute atomic E-state index is 0.168. The lowest BCUT2D eigenvalue weighted by molar-refractivity contribution is 0.0730. The molecule has 4 aromatic rings. The average molecular weight is 480 g/mol. The number of aromatic nitrogens is 1. The zero-order chi connectivity index (χ0) is 22.8. The van der Waals surface area contributed by atoms with Crippen LogP contribution in [0.2, 0.25) is 0 Å². The van der Waals surface area contributed by atoms with E-state index in [1.807, 2.05) is 48.5 Å². The van der Waals surface area contributed by atoms with Crippen LogP contribution in [0.5, 0.6) is 0 Å². The largest absolute Gasteiger partial charge is 0.379 e. The normalized spacial score (nSPS) is 14.9. The summed E-state index contributed by atoms with van der Waals surface area (Å²) in [4.78, 5) is 17.5. The van der Waals surface area contributed by atoms with Gasteiger partial charge in [0, 0.05) is 29.9 Å². The number of morpholine rings is 1. The van der Waals surface area contributed by atoms with Gasteiger partial charge in [0.2, 0.25) is 10.0 Å². The van der Waals surface area contributed by atoms with E-state index in [0.717, 1.165) is 20.8 Å². The van der Waals surface area contributed by atoms with Gasteiger partial charge in [-0.15, -0.1) is 11.3 Å². The quantitative estimate of drug-likeness (QED) is 0.463. The van der Waals surface area contributed by atoms with E-state index >= 15 is 0 Å². The summed E-state index contributed by atoms with van der Waals surface area (Å²) in [5.41, 5.74) is 2.97. The zero-order valence-electron chi connectivity index (χ0n) is 17.6. The van der Waals surface area contributed by atoms with E-state index in [4.69, 9.17) is 4.74 Å². The first-order valence-electron chi connectivity index (χ1n) is 10.5. The molecule has 0 bridgehead atoms. The highest BCUT2D eigenvalue weighted by Crippen LogP contribution is 2.30. The summed E-state index contributed by atoms with van der Waals surface area (Å²) in [7, 11) is -3.59. The van der Waals surface area contributed by atoms with Crippen molar-refractivity contribution in [3.8, 4) is 10.6 Å². The van der Waals surface area contributed by atoms with E-state index < -0.39 is 10.0 Å². The first kappa shape index (κ1) is 21.7. The summed E-state index contributed by atoms with van der Waals surface area (Å²) in [6.45, 7) is 1.43. The Balaban J connectivity index is 1.27. The first-order chi connectivity index (χ1) is 16.0. The molecule has 1 aliphatic rings. The SMILES string of the molecule is O=C(Nc1ccc(-c2nc3ccccc3s2)cc1)c1ccc(S(=O)(=O)N2CCOCC2)cc1. The summed E-state index contributed by atoms with van der Waals surface area (Å²) in [5, 5.41) is 3.78. The molecule has 3 aromatic carbocycles. The minimum Gasteiger partial charge on any atom is -0.379 e. The van der Waals surface area contributed by atoms with Crippen molar-refractivity contribution in [2.75, 3.05) is 31.6 Å². The maximum atomic E-state index is 12.7. The maximum absolute atomic E-state index is 12.7. The lowest BCUT2D eigenvalue weighted by atomic mass is 10.2. The van der Waals surface area contributed by atoms with Crippen LogP contribution in [0.25, 0.3) is 20.8 Å². The standard InChI is InChI=1S/C24H21N3O4S2/c28-23(17-7-11-20(12-8-17)33(29,30)27-13-15-31-16-14-27)25-19-9-5-18(6-10-19)24-26-21-3-1-2-4-22(21)32-24/h1-12H,13-16H2,(H,25,28). The van der Waals surface area contributed by atoms with Gasteiger partial charge in [-0.25, -0.2) is 13.4 Å². The Morgan fingerprint density at radius 3 is 2.33 bits per heavy atom. The number of carbonyl (C=O) groups is 1. The van der Waals surface area contributed by atoms with Gasteiger partial charge in [-0.1, -0.05) is 12.1 Å². The number of hydrogen-bond acceptors (Lipinski definition) is 6. The predicted octanol–water partition coefficient (Wildman–Crippen LogP) is 4.24. The summed E-state index contributed by atoms with van der Waals surface area (Å²) < 4.78 is 33.2. The first-order valence-corrected chi connectivity index (χ1v) is 12.7. The number of nitrogens with one attached hydrogen (secondary N) is 1. The molecular weight excluding hydrogens is 458 g/mol. The Labute approximate surface area is 195 Å². The van der Waals surface area contributed by atoms with Crippen LogP contribution in [0.1, 0.15) is 10.4 Å². The molecule has 0 unspecified atom stereocenters. The van der Waals surface area contributed by atoms with E-state index in [9.17, 15) is 13.2 Å². The van der Waals surface area contributed by atoms with Crippen molar-refractivity contribution in [3.05, 3.63) is 78.4 Å². The van der Waals surface area contributed by atoms with Crippen LogP contribution in [-0.4, -0.2) is 49.9 Å². The molecule has 2 heterocycles. The molecule has 7 nitrogen and oxygen atoms in total. The van der Waals surface area contributed by atoms with Crippen molar-refractivity contribution in [1.29, 1.82) is 0 Å². The van der Waals surface area contributed by atoms with Crippen LogP contribution in [0.15, 0.2) is 77.7 Å². The molecule has 0 aliphatic carbocycles. The fraction of sp³-hybridized carbons (Fsp3) is 0.167. The number of carbonyl (C=O) groups excluding carboxylic acids is 1. The van der Waals surface area contributed by atoms with Crippen molar-refractivity contribution in [2.45, 2.75) is 4.90 Å². The van der Waals surface area contributed by atoms with Gasteiger partial charge in [0.25, 0.3) is 5.91 Å². The third-order valence-electron chi connectivity index (χ3n) is 5.41. The molecule has 168 valence electrons. The van der Waals surface area contributed by atoms with E-state index in [1.165, 1.54) is 28.6 Å². The van der Waals surface area contributed by atoms with Crippen molar-refractivity contribution in [1.82, 2.24) is 9.29 Å². The van der Waals surface area contributed by atoms with Crippen molar-refractivity contribution >= 4 is 43.2 Å². The third-order valence-corrected chi connectivity index (χ3v) is 8.41. The van der Waals surface area contributed by atoms with Gasteiger partial charge in [-0.3, -0.25) is 4.79 Å². The fourth-order valence-corrected chi connectivity index (χ4v) is 5.99. The molecule has 1 saturated heterocycles. The Bertz CT molecular complexity index is 1360. The number of anilines is 1. The van der Waals surface area contributed by atoms with Crippen LogP contribution in [0, 0.1) is 0 Å². The number of rotatable bonds is 5. The van der Waals surface area contributed by atoms with E-state index in [2.05, 4.69) is 10.3 Å². The molecule has 1 amide bonds. The number of nitrogens with zero attached hydrogens (tertiary/aromatic N) is 2. The summed E-state index contributed by atoms with van der Waals surface area (Å²) in [5.74, 6) is -0.307. The molecule has 0 saturated carbocycles. The molecule has 1 aromatic heterocycles. The Morgan fingerprint density at radius 1 is 0.939 bits per heavy atom. The topological polar surface area (TPSA) is 88.6 Å². The highest BCUT2D eigenvalue weighted by molar-refractivity contribution is 7.89. The molecule has 0 radical (unpaired) electrons. The van der Waals surface area contributed by atoms with Crippen molar-refractivity contribution < 1.29 is 17.9 Å². The van der Waals surface area contributed by atoms with Gasteiger partial charge < -0.3 is 10.1 Å². The molecule has 5 rings (SSSR count). The number of amides is 1. The van der Waals surface area contributed by atoms with Crippen LogP contribution >= 0.6 is 11.3 Å². The van der Waals surface area contributed by atoms with Crippen LogP contribution < -0.4 is 5.32 Å². The van der Waals surface area contributed by atoms with Crippen LogP contribution in [-0.2, 0) is 14.8 Å². The van der Waals surface area contributed by atoms with Gasteiger partial charge in [0.1, 0.15) is 5.01 Å². The summed E-state index contributed by atoms with van der Waals surface area (Å²) in [6, 6.07) is 21.5. The van der Waals surface area contributed by atoms with E-state index in [1.54, 1.807) is 11.3 Å². The number of ether oxygens (including phenoxy) is 1. The van der Waals surface area contributed by atoms with Gasteiger partial charge >= 0.3 is 0 Å². The molecule has 33 heavy (non-hydrogen) atoms. The van der Waals surface area contributed by atoms with Gasteiger partial charge in [-0.2, -0.15) is 4.31 Å². The Hall–Kier alpha value is -3.11. The van der Waals surface area contributed by atoms with E-state index in [0.29, 0.717) is 37.6 Å². The highest BCUT2D eigenvalue weighted by atomic mass is 32.2. The zero-order valence-corrected chi connectivity index (χ0v) is 19.2. The molecule has 0 spiro atoms. The molecular formula is C24H21N3O4S2. The van der Waals surface area contributed by atoms with Gasteiger partial charge in [0.15, 0.2) is 0 Å². The van der Waals surface area contributed by atoms with E-state index in [-0.39, 0.29) is 10.8 Å². The summed E-state index contributed by atoms with van der Waals surface area (Å²) >= 11 is 1.62. The number of fused-ring (bicyclic) bond motifs is 1. The van der Waals surface area contributed by atoms with Crippen LogP contribution in [0.3, 0.4) is 0 Å². The minimum atomic E-state index is -3.59. The fourth-order valence-electron chi connectivity index (χ4n) is 3.61. The molecule has 1 aliphatic heterocycles. The Kier molecular flexibility index (Phi) is 5.94. The molecule has 1 fully saturated rings. The number of hydrogen-bond donors (Lipinski definition) is 1. The van der Waals surface area contributed by atoms with Crippen molar-refractivity contribution in [2.24, 2.45) is 0 Å². The number of para-hydroxylation sites is 1. The van der Waals surface area contributed by atoms with Crippen LogP contribution in [0.4, 0.5) is 5.69 Å². The maximum Gasteiger partial charge on any atom is 0.255 e. The average Bonchev–Trinajstić information content (AvgIpc) is 3.29. The Morgan fingerprint density at radius 2 is 1.64 bits per heavy atom. The molecule has 0 atom stereocenters. The second kappa shape index (κ2) is 9.03. The lowest BCUT2D eigenvalue weighted by Gasteiger charge is -2.26. The smallest absolute Gasteiger partial charge is 0.255 e. The number of benzene rings is 3. The monoisotopic (exact) mass is 479 g/mol.